The van der Waals surface area contributed by atoms with E-state index in [1.54, 1.807) is 7.11 Å². The fourth-order valence-electron chi connectivity index (χ4n) is 7.41. The van der Waals surface area contributed by atoms with E-state index in [4.69, 9.17) is 4.74 Å². The number of benzene rings is 5. The van der Waals surface area contributed by atoms with Crippen molar-refractivity contribution in [1.82, 2.24) is 0 Å². The molecule has 43 heavy (non-hydrogen) atoms. The van der Waals surface area contributed by atoms with E-state index in [2.05, 4.69) is 117 Å². The number of unbranched alkanes of at least 4 members (excludes halogenated alkanes) is 6. The Kier molecular flexibility index (Phi) is 8.98. The average Bonchev–Trinajstić information content (AvgIpc) is 3.36. The standard InChI is InChI=1S/C42H46O/c1-4-6-8-10-16-31-22-26-33(27-23-31)42(34-28-24-32(25-29-34)17-11-9-7-5-2)38-21-15-14-20-37(38)41-36-19-13-12-18-35(36)40(43-3)30-39(41)42/h12-15,18-30H,4-11,16-17H2,1-3H3. The normalized spacial score (nSPS) is 13.2. The molecule has 0 heterocycles. The number of hydrogen-bond donors (Lipinski definition) is 0. The van der Waals surface area contributed by atoms with Crippen molar-refractivity contribution in [3.05, 3.63) is 137 Å². The van der Waals surface area contributed by atoms with Crippen LogP contribution in [0.4, 0.5) is 0 Å². The van der Waals surface area contributed by atoms with Crippen molar-refractivity contribution >= 4 is 10.8 Å². The lowest BCUT2D eigenvalue weighted by molar-refractivity contribution is 0.419. The van der Waals surface area contributed by atoms with Gasteiger partial charge in [0.1, 0.15) is 5.75 Å². The summed E-state index contributed by atoms with van der Waals surface area (Å²) in [4.78, 5) is 0. The molecule has 1 aliphatic rings. The van der Waals surface area contributed by atoms with Crippen LogP contribution in [0.25, 0.3) is 21.9 Å². The summed E-state index contributed by atoms with van der Waals surface area (Å²) in [7, 11) is 1.80. The summed E-state index contributed by atoms with van der Waals surface area (Å²) in [6, 6.07) is 39.3. The Morgan fingerprint density at radius 3 is 1.63 bits per heavy atom. The zero-order valence-electron chi connectivity index (χ0n) is 26.3. The van der Waals surface area contributed by atoms with Crippen molar-refractivity contribution in [2.45, 2.75) is 83.5 Å². The number of hydrogen-bond acceptors (Lipinski definition) is 1. The highest BCUT2D eigenvalue weighted by molar-refractivity contribution is 6.06. The number of rotatable bonds is 13. The first-order valence-corrected chi connectivity index (χ1v) is 16.6. The second-order valence-electron chi connectivity index (χ2n) is 12.4. The maximum Gasteiger partial charge on any atom is 0.127 e. The molecule has 220 valence electrons. The largest absolute Gasteiger partial charge is 0.496 e. The summed E-state index contributed by atoms with van der Waals surface area (Å²) in [6.45, 7) is 4.56. The third kappa shape index (κ3) is 5.40. The van der Waals surface area contributed by atoms with Crippen LogP contribution in [0.2, 0.25) is 0 Å². The van der Waals surface area contributed by atoms with Gasteiger partial charge < -0.3 is 4.74 Å². The highest BCUT2D eigenvalue weighted by atomic mass is 16.5. The predicted molar refractivity (Wildman–Crippen MR) is 183 cm³/mol. The maximum atomic E-state index is 6.08. The van der Waals surface area contributed by atoms with Crippen LogP contribution in [0.1, 0.15) is 98.6 Å². The lowest BCUT2D eigenvalue weighted by Crippen LogP contribution is -2.28. The minimum absolute atomic E-state index is 0.426. The summed E-state index contributed by atoms with van der Waals surface area (Å²) < 4.78 is 6.08. The van der Waals surface area contributed by atoms with Crippen LogP contribution < -0.4 is 4.74 Å². The van der Waals surface area contributed by atoms with Crippen molar-refractivity contribution < 1.29 is 4.74 Å². The van der Waals surface area contributed by atoms with E-state index in [-0.39, 0.29) is 0 Å². The molecule has 1 aliphatic carbocycles. The molecule has 0 fully saturated rings. The Morgan fingerprint density at radius 2 is 1.07 bits per heavy atom. The third-order valence-corrected chi connectivity index (χ3v) is 9.64. The fraction of sp³-hybridized carbons (Fsp3) is 0.333. The molecule has 0 saturated heterocycles. The molecule has 1 heteroatoms. The Bertz CT molecular complexity index is 1600. The Labute approximate surface area is 259 Å². The molecule has 0 N–H and O–H groups in total. The predicted octanol–water partition coefficient (Wildman–Crippen LogP) is 11.5. The third-order valence-electron chi connectivity index (χ3n) is 9.64. The molecular formula is C42H46O. The fourth-order valence-corrected chi connectivity index (χ4v) is 7.41. The van der Waals surface area contributed by atoms with Gasteiger partial charge in [-0.05, 0) is 81.6 Å². The van der Waals surface area contributed by atoms with Crippen molar-refractivity contribution in [1.29, 1.82) is 0 Å². The van der Waals surface area contributed by atoms with Gasteiger partial charge in [0, 0.05) is 5.39 Å². The van der Waals surface area contributed by atoms with Crippen LogP contribution >= 0.6 is 0 Å². The summed E-state index contributed by atoms with van der Waals surface area (Å²) in [5.41, 5.74) is 10.4. The first kappa shape index (κ1) is 29.2. The second-order valence-corrected chi connectivity index (χ2v) is 12.4. The molecule has 0 radical (unpaired) electrons. The first-order chi connectivity index (χ1) is 21.2. The summed E-state index contributed by atoms with van der Waals surface area (Å²) in [5.74, 6) is 0.937. The van der Waals surface area contributed by atoms with Crippen LogP contribution in [0.5, 0.6) is 5.75 Å². The molecule has 0 bridgehead atoms. The van der Waals surface area contributed by atoms with Gasteiger partial charge >= 0.3 is 0 Å². The van der Waals surface area contributed by atoms with E-state index in [1.165, 1.54) is 107 Å². The summed E-state index contributed by atoms with van der Waals surface area (Å²) in [5, 5.41) is 2.42. The van der Waals surface area contributed by atoms with Crippen LogP contribution in [0.3, 0.4) is 0 Å². The minimum Gasteiger partial charge on any atom is -0.496 e. The van der Waals surface area contributed by atoms with Gasteiger partial charge in [0.2, 0.25) is 0 Å². The molecule has 0 atom stereocenters. The van der Waals surface area contributed by atoms with Crippen LogP contribution in [0, 0.1) is 0 Å². The quantitative estimate of drug-likeness (QED) is 0.126. The smallest absolute Gasteiger partial charge is 0.127 e. The molecule has 0 amide bonds. The summed E-state index contributed by atoms with van der Waals surface area (Å²) in [6.07, 6.45) is 12.6. The van der Waals surface area contributed by atoms with Gasteiger partial charge in [-0.25, -0.2) is 0 Å². The van der Waals surface area contributed by atoms with Gasteiger partial charge in [0.15, 0.2) is 0 Å². The van der Waals surface area contributed by atoms with Crippen LogP contribution in [0.15, 0.2) is 103 Å². The SMILES string of the molecule is CCCCCCc1ccc(C2(c3ccc(CCCCCC)cc3)c3ccccc3-c3c2cc(OC)c2ccccc32)cc1. The number of ether oxygens (including phenoxy) is 1. The second kappa shape index (κ2) is 13.2. The van der Waals surface area contributed by atoms with Crippen molar-refractivity contribution in [2.24, 2.45) is 0 Å². The molecule has 6 rings (SSSR count). The van der Waals surface area contributed by atoms with Gasteiger partial charge in [-0.1, -0.05) is 149 Å². The molecular weight excluding hydrogens is 520 g/mol. The zero-order chi connectivity index (χ0) is 29.6. The first-order valence-electron chi connectivity index (χ1n) is 16.6. The molecule has 0 aliphatic heterocycles. The maximum absolute atomic E-state index is 6.08. The van der Waals surface area contributed by atoms with E-state index in [0.29, 0.717) is 0 Å². The van der Waals surface area contributed by atoms with E-state index in [9.17, 15) is 0 Å². The Balaban J connectivity index is 1.54. The molecule has 0 spiro atoms. The van der Waals surface area contributed by atoms with E-state index in [1.807, 2.05) is 0 Å². The molecule has 0 saturated carbocycles. The van der Waals surface area contributed by atoms with Crippen LogP contribution in [-0.4, -0.2) is 7.11 Å². The van der Waals surface area contributed by atoms with E-state index < -0.39 is 5.41 Å². The van der Waals surface area contributed by atoms with Gasteiger partial charge in [0.25, 0.3) is 0 Å². The highest BCUT2D eigenvalue weighted by Gasteiger charge is 2.47. The molecule has 0 unspecified atom stereocenters. The van der Waals surface area contributed by atoms with E-state index in [0.717, 1.165) is 18.6 Å². The lowest BCUT2D eigenvalue weighted by Gasteiger charge is -2.34. The highest BCUT2D eigenvalue weighted by Crippen LogP contribution is 2.59. The molecule has 1 nitrogen and oxygen atoms in total. The Hall–Kier alpha value is -3.84. The molecule has 5 aromatic carbocycles. The average molecular weight is 567 g/mol. The van der Waals surface area contributed by atoms with Crippen molar-refractivity contribution in [3.63, 3.8) is 0 Å². The van der Waals surface area contributed by atoms with Gasteiger partial charge in [-0.15, -0.1) is 0 Å². The lowest BCUT2D eigenvalue weighted by atomic mass is 9.67. The van der Waals surface area contributed by atoms with E-state index >= 15 is 0 Å². The number of fused-ring (bicyclic) bond motifs is 5. The van der Waals surface area contributed by atoms with Gasteiger partial charge in [0.05, 0.1) is 12.5 Å². The number of aryl methyl sites for hydroxylation is 2. The zero-order valence-corrected chi connectivity index (χ0v) is 26.3. The van der Waals surface area contributed by atoms with Crippen molar-refractivity contribution in [3.8, 4) is 16.9 Å². The topological polar surface area (TPSA) is 9.23 Å². The molecule has 0 aromatic heterocycles. The number of methoxy groups -OCH3 is 1. The minimum atomic E-state index is -0.426. The monoisotopic (exact) mass is 566 g/mol. The van der Waals surface area contributed by atoms with Gasteiger partial charge in [-0.3, -0.25) is 0 Å². The Morgan fingerprint density at radius 1 is 0.535 bits per heavy atom. The van der Waals surface area contributed by atoms with Gasteiger partial charge in [-0.2, -0.15) is 0 Å². The summed E-state index contributed by atoms with van der Waals surface area (Å²) >= 11 is 0. The molecule has 5 aromatic rings. The van der Waals surface area contributed by atoms with Crippen molar-refractivity contribution in [2.75, 3.05) is 7.11 Å². The van der Waals surface area contributed by atoms with Crippen LogP contribution in [-0.2, 0) is 18.3 Å².